The summed E-state index contributed by atoms with van der Waals surface area (Å²) in [7, 11) is 0. The van der Waals surface area contributed by atoms with E-state index in [0.717, 1.165) is 5.56 Å². The third kappa shape index (κ3) is 4.67. The Morgan fingerprint density at radius 3 is 2.69 bits per heavy atom. The highest BCUT2D eigenvalue weighted by Gasteiger charge is 2.34. The lowest BCUT2D eigenvalue weighted by atomic mass is 9.98. The smallest absolute Gasteiger partial charge is 0.345 e. The van der Waals surface area contributed by atoms with Crippen molar-refractivity contribution in [3.63, 3.8) is 0 Å². The third-order valence-corrected chi connectivity index (χ3v) is 6.40. The highest BCUT2D eigenvalue weighted by atomic mass is 32.1. The van der Waals surface area contributed by atoms with Gasteiger partial charge in [0, 0.05) is 13.0 Å². The summed E-state index contributed by atoms with van der Waals surface area (Å²) in [5.74, 6) is -1.40. The minimum atomic E-state index is -4.59. The van der Waals surface area contributed by atoms with Crippen LogP contribution in [-0.4, -0.2) is 25.4 Å². The number of aromatic amines is 1. The zero-order chi connectivity index (χ0) is 24.6. The molecule has 5 aromatic rings. The molecule has 2 aromatic carbocycles. The van der Waals surface area contributed by atoms with E-state index in [4.69, 9.17) is 0 Å². The Kier molecular flexibility index (Phi) is 5.85. The van der Waals surface area contributed by atoms with Crippen LogP contribution in [0.5, 0.6) is 0 Å². The molecule has 2 N–H and O–H groups in total. The Morgan fingerprint density at radius 1 is 1.11 bits per heavy atom. The number of alkyl halides is 3. The molecule has 35 heavy (non-hydrogen) atoms. The molecule has 1 atom stereocenters. The van der Waals surface area contributed by atoms with Gasteiger partial charge in [-0.3, -0.25) is 14.2 Å². The number of nitrogens with zero attached hydrogens (tertiary/aromatic N) is 3. The number of rotatable bonds is 6. The Hall–Kier alpha value is -3.99. The van der Waals surface area contributed by atoms with Gasteiger partial charge in [-0.25, -0.2) is 9.97 Å². The van der Waals surface area contributed by atoms with E-state index in [1.54, 1.807) is 23.6 Å². The maximum absolute atomic E-state index is 13.1. The Labute approximate surface area is 200 Å². The van der Waals surface area contributed by atoms with Crippen molar-refractivity contribution in [1.29, 1.82) is 0 Å². The number of halogens is 3. The molecule has 178 valence electrons. The second-order valence-corrected chi connectivity index (χ2v) is 8.80. The van der Waals surface area contributed by atoms with Crippen molar-refractivity contribution >= 4 is 38.5 Å². The van der Waals surface area contributed by atoms with Gasteiger partial charge in [-0.1, -0.05) is 36.4 Å². The molecule has 0 spiro atoms. The van der Waals surface area contributed by atoms with E-state index in [9.17, 15) is 22.8 Å². The molecular formula is C24H18F3N5O2S. The van der Waals surface area contributed by atoms with E-state index in [1.807, 2.05) is 30.3 Å². The van der Waals surface area contributed by atoms with Crippen LogP contribution in [0.3, 0.4) is 0 Å². The largest absolute Gasteiger partial charge is 0.449 e. The number of aryl methyl sites for hydroxylation is 1. The number of carbonyl (C=O) groups is 1. The van der Waals surface area contributed by atoms with E-state index < -0.39 is 18.0 Å². The topological polar surface area (TPSA) is 92.7 Å². The Bertz CT molecular complexity index is 1570. The number of aromatic nitrogens is 4. The van der Waals surface area contributed by atoms with E-state index in [2.05, 4.69) is 20.3 Å². The summed E-state index contributed by atoms with van der Waals surface area (Å²) >= 11 is 1.37. The molecule has 0 saturated carbocycles. The van der Waals surface area contributed by atoms with Gasteiger partial charge in [0.1, 0.15) is 4.83 Å². The van der Waals surface area contributed by atoms with Crippen LogP contribution in [0.1, 0.15) is 29.4 Å². The van der Waals surface area contributed by atoms with Crippen LogP contribution in [-0.2, 0) is 17.5 Å². The van der Waals surface area contributed by atoms with Gasteiger partial charge in [0.15, 0.2) is 0 Å². The number of H-pyrrole nitrogens is 1. The third-order valence-electron chi connectivity index (χ3n) is 5.58. The van der Waals surface area contributed by atoms with Crippen molar-refractivity contribution in [2.75, 3.05) is 0 Å². The molecule has 0 saturated heterocycles. The monoisotopic (exact) mass is 497 g/mol. The summed E-state index contributed by atoms with van der Waals surface area (Å²) in [4.78, 5) is 36.3. The predicted octanol–water partition coefficient (Wildman–Crippen LogP) is 4.65. The zero-order valence-electron chi connectivity index (χ0n) is 18.0. The molecule has 0 aliphatic carbocycles. The molecule has 0 aliphatic heterocycles. The average Bonchev–Trinajstić information content (AvgIpc) is 3.50. The quantitative estimate of drug-likeness (QED) is 0.357. The molecule has 7 nitrogen and oxygen atoms in total. The lowest BCUT2D eigenvalue weighted by Gasteiger charge is -2.20. The van der Waals surface area contributed by atoms with Gasteiger partial charge in [0.25, 0.3) is 5.56 Å². The number of imidazole rings is 1. The number of nitrogens with one attached hydrogen (secondary N) is 2. The van der Waals surface area contributed by atoms with Gasteiger partial charge >= 0.3 is 6.18 Å². The first-order valence-corrected chi connectivity index (χ1v) is 11.5. The first-order valence-electron chi connectivity index (χ1n) is 10.6. The van der Waals surface area contributed by atoms with E-state index in [0.29, 0.717) is 15.8 Å². The maximum Gasteiger partial charge on any atom is 0.449 e. The SMILES string of the molecule is O=C(CCn1cnc2sccc2c1=O)NC(c1ccccc1)c1ccc2nc(C(F)(F)F)[nH]c2c1. The summed E-state index contributed by atoms with van der Waals surface area (Å²) in [6.07, 6.45) is -3.15. The van der Waals surface area contributed by atoms with Crippen LogP contribution in [0.15, 0.2) is 71.1 Å². The number of hydrogen-bond donors (Lipinski definition) is 2. The molecule has 0 radical (unpaired) electrons. The average molecular weight is 498 g/mol. The van der Waals surface area contributed by atoms with Gasteiger partial charge in [-0.05, 0) is 34.7 Å². The Balaban J connectivity index is 1.40. The van der Waals surface area contributed by atoms with E-state index in [1.165, 1.54) is 28.3 Å². The molecule has 3 aromatic heterocycles. The molecule has 5 rings (SSSR count). The minimum absolute atomic E-state index is 0.0189. The molecule has 1 amide bonds. The molecule has 0 bridgehead atoms. The summed E-state index contributed by atoms with van der Waals surface area (Å²) in [5, 5.41) is 5.24. The summed E-state index contributed by atoms with van der Waals surface area (Å²) in [6, 6.07) is 14.9. The Morgan fingerprint density at radius 2 is 1.91 bits per heavy atom. The fourth-order valence-electron chi connectivity index (χ4n) is 3.85. The van der Waals surface area contributed by atoms with Gasteiger partial charge < -0.3 is 10.3 Å². The van der Waals surface area contributed by atoms with Crippen LogP contribution in [0.4, 0.5) is 13.2 Å². The van der Waals surface area contributed by atoms with Crippen LogP contribution >= 0.6 is 11.3 Å². The first-order chi connectivity index (χ1) is 16.8. The van der Waals surface area contributed by atoms with Gasteiger partial charge in [0.2, 0.25) is 11.7 Å². The normalized spacial score (nSPS) is 12.8. The maximum atomic E-state index is 13.1. The standard InChI is InChI=1S/C24H18F3N5O2S/c25-24(26,27)23-29-17-7-6-15(12-18(17)30-23)20(14-4-2-1-3-5-14)31-19(33)8-10-32-13-28-21-16(22(32)34)9-11-35-21/h1-7,9,11-13,20H,8,10H2,(H,29,30)(H,31,33). The number of fused-ring (bicyclic) bond motifs is 2. The first kappa shape index (κ1) is 22.8. The summed E-state index contributed by atoms with van der Waals surface area (Å²) in [5.41, 5.74) is 1.53. The highest BCUT2D eigenvalue weighted by molar-refractivity contribution is 7.16. The van der Waals surface area contributed by atoms with Gasteiger partial charge in [-0.15, -0.1) is 11.3 Å². The summed E-state index contributed by atoms with van der Waals surface area (Å²) in [6.45, 7) is 0.138. The van der Waals surface area contributed by atoms with Crippen LogP contribution in [0, 0.1) is 0 Å². The van der Waals surface area contributed by atoms with E-state index in [-0.39, 0.29) is 35.5 Å². The molecular weight excluding hydrogens is 479 g/mol. The number of benzene rings is 2. The van der Waals surface area contributed by atoms with Gasteiger partial charge in [0.05, 0.1) is 28.8 Å². The number of thiophene rings is 1. The molecule has 11 heteroatoms. The highest BCUT2D eigenvalue weighted by Crippen LogP contribution is 2.30. The summed E-state index contributed by atoms with van der Waals surface area (Å²) < 4.78 is 40.6. The van der Waals surface area contributed by atoms with Crippen molar-refractivity contribution in [3.8, 4) is 0 Å². The van der Waals surface area contributed by atoms with Crippen molar-refractivity contribution in [2.45, 2.75) is 25.2 Å². The fraction of sp³-hybridized carbons (Fsp3) is 0.167. The molecule has 3 heterocycles. The second-order valence-electron chi connectivity index (χ2n) is 7.90. The fourth-order valence-corrected chi connectivity index (χ4v) is 4.58. The van der Waals surface area contributed by atoms with Crippen molar-refractivity contribution in [1.82, 2.24) is 24.8 Å². The minimum Gasteiger partial charge on any atom is -0.345 e. The van der Waals surface area contributed by atoms with E-state index >= 15 is 0 Å². The molecule has 0 fully saturated rings. The predicted molar refractivity (Wildman–Crippen MR) is 126 cm³/mol. The van der Waals surface area contributed by atoms with Crippen LogP contribution in [0.2, 0.25) is 0 Å². The van der Waals surface area contributed by atoms with Crippen molar-refractivity contribution in [2.24, 2.45) is 0 Å². The number of hydrogen-bond acceptors (Lipinski definition) is 5. The van der Waals surface area contributed by atoms with Crippen LogP contribution < -0.4 is 10.9 Å². The lowest BCUT2D eigenvalue weighted by Crippen LogP contribution is -2.31. The second kappa shape index (κ2) is 8.99. The lowest BCUT2D eigenvalue weighted by molar-refractivity contribution is -0.144. The molecule has 1 unspecified atom stereocenters. The van der Waals surface area contributed by atoms with Crippen molar-refractivity contribution in [3.05, 3.63) is 93.6 Å². The van der Waals surface area contributed by atoms with Crippen molar-refractivity contribution < 1.29 is 18.0 Å². The number of carbonyl (C=O) groups excluding carboxylic acids is 1. The zero-order valence-corrected chi connectivity index (χ0v) is 18.9. The number of amides is 1. The van der Waals surface area contributed by atoms with Crippen LogP contribution in [0.25, 0.3) is 21.3 Å². The molecule has 0 aliphatic rings. The van der Waals surface area contributed by atoms with Gasteiger partial charge in [-0.2, -0.15) is 13.2 Å².